The Kier molecular flexibility index (Phi) is 4.56. The number of nitrogens with zero attached hydrogens (tertiary/aromatic N) is 2. The molecular weight excluding hydrogens is 328 g/mol. The molecule has 2 N–H and O–H groups in total. The fourth-order valence-electron chi connectivity index (χ4n) is 3.61. The summed E-state index contributed by atoms with van der Waals surface area (Å²) in [4.78, 5) is 31.3. The molecule has 6 heteroatoms. The van der Waals surface area contributed by atoms with Crippen LogP contribution in [0.1, 0.15) is 36.3 Å². The van der Waals surface area contributed by atoms with Crippen molar-refractivity contribution in [3.8, 4) is 0 Å². The van der Waals surface area contributed by atoms with Crippen LogP contribution in [0.3, 0.4) is 0 Å². The Morgan fingerprint density at radius 2 is 2.00 bits per heavy atom. The SMILES string of the molecule is O=C1CC(C(=O)NCc2ccc(N3CCCC3)nc2)c2ccccc2N1. The van der Waals surface area contributed by atoms with E-state index in [2.05, 4.69) is 20.5 Å². The van der Waals surface area contributed by atoms with Gasteiger partial charge in [-0.3, -0.25) is 9.59 Å². The Balaban J connectivity index is 1.40. The minimum atomic E-state index is -0.447. The first-order chi connectivity index (χ1) is 12.7. The van der Waals surface area contributed by atoms with E-state index in [0.717, 1.165) is 35.7 Å². The van der Waals surface area contributed by atoms with E-state index in [1.807, 2.05) is 42.6 Å². The molecule has 0 aliphatic carbocycles. The zero-order valence-corrected chi connectivity index (χ0v) is 14.6. The molecule has 4 rings (SSSR count). The lowest BCUT2D eigenvalue weighted by molar-refractivity contribution is -0.126. The summed E-state index contributed by atoms with van der Waals surface area (Å²) >= 11 is 0. The van der Waals surface area contributed by atoms with Crippen molar-refractivity contribution in [3.05, 3.63) is 53.7 Å². The molecule has 2 aliphatic rings. The molecule has 1 aromatic carbocycles. The van der Waals surface area contributed by atoms with Gasteiger partial charge in [-0.15, -0.1) is 0 Å². The Morgan fingerprint density at radius 3 is 2.77 bits per heavy atom. The fraction of sp³-hybridized carbons (Fsp3) is 0.350. The third-order valence-corrected chi connectivity index (χ3v) is 5.02. The van der Waals surface area contributed by atoms with Crippen molar-refractivity contribution < 1.29 is 9.59 Å². The lowest BCUT2D eigenvalue weighted by Crippen LogP contribution is -2.34. The van der Waals surface area contributed by atoms with E-state index in [9.17, 15) is 9.59 Å². The van der Waals surface area contributed by atoms with Crippen molar-refractivity contribution in [1.82, 2.24) is 10.3 Å². The Hall–Kier alpha value is -2.89. The van der Waals surface area contributed by atoms with Crippen molar-refractivity contribution in [3.63, 3.8) is 0 Å². The molecule has 2 amide bonds. The summed E-state index contributed by atoms with van der Waals surface area (Å²) in [5.74, 6) is 0.295. The van der Waals surface area contributed by atoms with Gasteiger partial charge in [0.25, 0.3) is 0 Å². The zero-order valence-electron chi connectivity index (χ0n) is 14.6. The molecule has 0 saturated carbocycles. The van der Waals surface area contributed by atoms with Gasteiger partial charge in [-0.25, -0.2) is 4.98 Å². The monoisotopic (exact) mass is 350 g/mol. The van der Waals surface area contributed by atoms with E-state index < -0.39 is 5.92 Å². The molecule has 2 aromatic rings. The van der Waals surface area contributed by atoms with Crippen LogP contribution >= 0.6 is 0 Å². The maximum atomic E-state index is 12.6. The number of nitrogens with one attached hydrogen (secondary N) is 2. The Bertz CT molecular complexity index is 813. The highest BCUT2D eigenvalue weighted by Crippen LogP contribution is 2.32. The number of pyridine rings is 1. The second-order valence-electron chi connectivity index (χ2n) is 6.83. The van der Waals surface area contributed by atoms with Gasteiger partial charge in [0, 0.05) is 37.9 Å². The summed E-state index contributed by atoms with van der Waals surface area (Å²) < 4.78 is 0. The van der Waals surface area contributed by atoms with Crippen LogP contribution < -0.4 is 15.5 Å². The molecule has 26 heavy (non-hydrogen) atoms. The molecule has 1 saturated heterocycles. The summed E-state index contributed by atoms with van der Waals surface area (Å²) in [7, 11) is 0. The number of fused-ring (bicyclic) bond motifs is 1. The molecule has 0 radical (unpaired) electrons. The van der Waals surface area contributed by atoms with Gasteiger partial charge in [0.15, 0.2) is 0 Å². The van der Waals surface area contributed by atoms with Crippen molar-refractivity contribution >= 4 is 23.3 Å². The van der Waals surface area contributed by atoms with E-state index in [-0.39, 0.29) is 18.2 Å². The molecule has 6 nitrogen and oxygen atoms in total. The van der Waals surface area contributed by atoms with Gasteiger partial charge in [0.2, 0.25) is 11.8 Å². The van der Waals surface area contributed by atoms with Crippen LogP contribution in [0.5, 0.6) is 0 Å². The summed E-state index contributed by atoms with van der Waals surface area (Å²) in [6.45, 7) is 2.53. The van der Waals surface area contributed by atoms with Crippen LogP contribution in [0.4, 0.5) is 11.5 Å². The highest BCUT2D eigenvalue weighted by atomic mass is 16.2. The van der Waals surface area contributed by atoms with Crippen molar-refractivity contribution in [2.45, 2.75) is 31.7 Å². The normalized spacial score (nSPS) is 19.0. The maximum Gasteiger partial charge on any atom is 0.228 e. The lowest BCUT2D eigenvalue weighted by atomic mass is 9.90. The second-order valence-corrected chi connectivity index (χ2v) is 6.83. The van der Waals surface area contributed by atoms with Crippen molar-refractivity contribution in [1.29, 1.82) is 0 Å². The standard InChI is InChI=1S/C20H22N4O2/c25-19-11-16(15-5-1-2-6-17(15)23-19)20(26)22-13-14-7-8-18(21-12-14)24-9-3-4-10-24/h1-2,5-8,12,16H,3-4,9-11,13H2,(H,22,26)(H,23,25). The molecule has 1 unspecified atom stereocenters. The third kappa shape index (κ3) is 3.40. The summed E-state index contributed by atoms with van der Waals surface area (Å²) in [6.07, 6.45) is 4.43. The topological polar surface area (TPSA) is 74.3 Å². The van der Waals surface area contributed by atoms with Crippen LogP contribution in [-0.2, 0) is 16.1 Å². The summed E-state index contributed by atoms with van der Waals surface area (Å²) in [5.41, 5.74) is 2.54. The zero-order chi connectivity index (χ0) is 17.9. The van der Waals surface area contributed by atoms with Gasteiger partial charge < -0.3 is 15.5 Å². The van der Waals surface area contributed by atoms with Crippen LogP contribution in [0.15, 0.2) is 42.6 Å². The molecule has 134 valence electrons. The van der Waals surface area contributed by atoms with Gasteiger partial charge in [0.05, 0.1) is 5.92 Å². The molecule has 1 fully saturated rings. The highest BCUT2D eigenvalue weighted by molar-refractivity contribution is 6.01. The number of carbonyl (C=O) groups excluding carboxylic acids is 2. The number of aromatic nitrogens is 1. The second kappa shape index (κ2) is 7.15. The average molecular weight is 350 g/mol. The van der Waals surface area contributed by atoms with E-state index in [0.29, 0.717) is 6.54 Å². The van der Waals surface area contributed by atoms with Crippen LogP contribution in [0, 0.1) is 0 Å². The molecule has 1 aromatic heterocycles. The molecule has 1 atom stereocenters. The third-order valence-electron chi connectivity index (χ3n) is 5.02. The van der Waals surface area contributed by atoms with Gasteiger partial charge in [-0.05, 0) is 36.1 Å². The van der Waals surface area contributed by atoms with Crippen molar-refractivity contribution in [2.75, 3.05) is 23.3 Å². The van der Waals surface area contributed by atoms with E-state index in [1.54, 1.807) is 0 Å². The highest BCUT2D eigenvalue weighted by Gasteiger charge is 2.30. The first kappa shape index (κ1) is 16.6. The number of hydrogen-bond donors (Lipinski definition) is 2. The Morgan fingerprint density at radius 1 is 1.19 bits per heavy atom. The van der Waals surface area contributed by atoms with E-state index >= 15 is 0 Å². The van der Waals surface area contributed by atoms with Gasteiger partial charge in [-0.1, -0.05) is 24.3 Å². The quantitative estimate of drug-likeness (QED) is 0.888. The molecular formula is C20H22N4O2. The largest absolute Gasteiger partial charge is 0.357 e. The minimum Gasteiger partial charge on any atom is -0.357 e. The van der Waals surface area contributed by atoms with Crippen LogP contribution in [-0.4, -0.2) is 29.9 Å². The summed E-state index contributed by atoms with van der Waals surface area (Å²) in [5, 5.41) is 5.76. The number of para-hydroxylation sites is 1. The van der Waals surface area contributed by atoms with Crippen LogP contribution in [0.2, 0.25) is 0 Å². The fourth-order valence-corrected chi connectivity index (χ4v) is 3.61. The van der Waals surface area contributed by atoms with E-state index in [4.69, 9.17) is 0 Å². The number of hydrogen-bond acceptors (Lipinski definition) is 4. The predicted octanol–water partition coefficient (Wildman–Crippen LogP) is 2.42. The summed E-state index contributed by atoms with van der Waals surface area (Å²) in [6, 6.07) is 11.5. The van der Waals surface area contributed by atoms with Gasteiger partial charge >= 0.3 is 0 Å². The first-order valence-corrected chi connectivity index (χ1v) is 9.07. The number of amides is 2. The van der Waals surface area contributed by atoms with E-state index in [1.165, 1.54) is 12.8 Å². The maximum absolute atomic E-state index is 12.6. The minimum absolute atomic E-state index is 0.125. The average Bonchev–Trinajstić information content (AvgIpc) is 3.20. The molecule has 3 heterocycles. The number of carbonyl (C=O) groups is 2. The first-order valence-electron chi connectivity index (χ1n) is 9.07. The molecule has 2 aliphatic heterocycles. The molecule has 0 bridgehead atoms. The smallest absolute Gasteiger partial charge is 0.228 e. The van der Waals surface area contributed by atoms with Gasteiger partial charge in [-0.2, -0.15) is 0 Å². The molecule has 0 spiro atoms. The van der Waals surface area contributed by atoms with Crippen LogP contribution in [0.25, 0.3) is 0 Å². The number of benzene rings is 1. The lowest BCUT2D eigenvalue weighted by Gasteiger charge is -2.24. The predicted molar refractivity (Wildman–Crippen MR) is 100.0 cm³/mol. The number of anilines is 2. The Labute approximate surface area is 152 Å². The van der Waals surface area contributed by atoms with Crippen molar-refractivity contribution in [2.24, 2.45) is 0 Å². The van der Waals surface area contributed by atoms with Gasteiger partial charge in [0.1, 0.15) is 5.82 Å². The number of rotatable bonds is 4.